The van der Waals surface area contributed by atoms with Crippen molar-refractivity contribution in [2.45, 2.75) is 74.3 Å². The molecule has 0 bridgehead atoms. The number of benzene rings is 1. The van der Waals surface area contributed by atoms with Crippen LogP contribution in [0, 0.1) is 32.1 Å². The third-order valence-electron chi connectivity index (χ3n) is 4.39. The second-order valence-corrected chi connectivity index (χ2v) is 8.78. The Morgan fingerprint density at radius 1 is 0.905 bits per heavy atom. The molecule has 0 spiro atoms. The van der Waals surface area contributed by atoms with Gasteiger partial charge in [-0.3, -0.25) is 0 Å². The van der Waals surface area contributed by atoms with Crippen molar-refractivity contribution in [3.63, 3.8) is 0 Å². The lowest BCUT2D eigenvalue weighted by atomic mass is 9.75. The molecule has 0 fully saturated rings. The highest BCUT2D eigenvalue weighted by Crippen LogP contribution is 2.31. The van der Waals surface area contributed by atoms with Gasteiger partial charge < -0.3 is 5.32 Å². The summed E-state index contributed by atoms with van der Waals surface area (Å²) >= 11 is 0. The van der Waals surface area contributed by atoms with Gasteiger partial charge in [-0.1, -0.05) is 38.5 Å². The Labute approximate surface area is 132 Å². The van der Waals surface area contributed by atoms with Gasteiger partial charge in [0, 0.05) is 5.54 Å². The molecule has 1 rings (SSSR count). The van der Waals surface area contributed by atoms with Crippen molar-refractivity contribution >= 4 is 0 Å². The summed E-state index contributed by atoms with van der Waals surface area (Å²) in [6.45, 7) is 21.6. The van der Waals surface area contributed by atoms with Crippen LogP contribution in [0.3, 0.4) is 0 Å². The molecule has 1 nitrogen and oxygen atoms in total. The lowest BCUT2D eigenvalue weighted by Gasteiger charge is -2.35. The van der Waals surface area contributed by atoms with Gasteiger partial charge in [-0.15, -0.1) is 0 Å². The fourth-order valence-electron chi connectivity index (χ4n) is 2.89. The zero-order valence-corrected chi connectivity index (χ0v) is 15.6. The molecule has 1 aromatic carbocycles. The Morgan fingerprint density at radius 3 is 1.76 bits per heavy atom. The van der Waals surface area contributed by atoms with Crippen LogP contribution in [0.4, 0.5) is 0 Å². The van der Waals surface area contributed by atoms with Crippen LogP contribution in [0.25, 0.3) is 0 Å². The van der Waals surface area contributed by atoms with Gasteiger partial charge in [-0.05, 0) is 82.5 Å². The maximum atomic E-state index is 3.70. The third kappa shape index (κ3) is 5.82. The van der Waals surface area contributed by atoms with Gasteiger partial charge in [-0.25, -0.2) is 0 Å². The highest BCUT2D eigenvalue weighted by atomic mass is 14.9. The minimum absolute atomic E-state index is 0.181. The van der Waals surface area contributed by atoms with Gasteiger partial charge in [0.15, 0.2) is 0 Å². The quantitative estimate of drug-likeness (QED) is 0.803. The Bertz CT molecular complexity index is 449. The smallest absolute Gasteiger partial charge is 0.00966 e. The average molecular weight is 290 g/mol. The Morgan fingerprint density at radius 2 is 1.38 bits per heavy atom. The average Bonchev–Trinajstić information content (AvgIpc) is 2.23. The molecule has 0 saturated carbocycles. The molecule has 0 aliphatic rings. The van der Waals surface area contributed by atoms with Crippen molar-refractivity contribution in [1.29, 1.82) is 0 Å². The van der Waals surface area contributed by atoms with Gasteiger partial charge in [0.1, 0.15) is 0 Å². The maximum Gasteiger partial charge on any atom is 0.00966 e. The van der Waals surface area contributed by atoms with Crippen molar-refractivity contribution in [2.24, 2.45) is 11.3 Å². The maximum absolute atomic E-state index is 3.70. The van der Waals surface area contributed by atoms with Gasteiger partial charge >= 0.3 is 0 Å². The summed E-state index contributed by atoms with van der Waals surface area (Å²) < 4.78 is 0. The monoisotopic (exact) mass is 289 g/mol. The number of hydrogen-bond donors (Lipinski definition) is 1. The summed E-state index contributed by atoms with van der Waals surface area (Å²) in [4.78, 5) is 0. The van der Waals surface area contributed by atoms with E-state index in [4.69, 9.17) is 0 Å². The number of nitrogens with one attached hydrogen (secondary N) is 1. The van der Waals surface area contributed by atoms with E-state index in [0.29, 0.717) is 11.3 Å². The van der Waals surface area contributed by atoms with Crippen LogP contribution in [0.1, 0.15) is 63.8 Å². The van der Waals surface area contributed by atoms with Crippen LogP contribution >= 0.6 is 0 Å². The zero-order valence-electron chi connectivity index (χ0n) is 15.6. The minimum atomic E-state index is 0.181. The standard InChI is InChI=1S/C20H35N/c1-14-10-15(2)18(16(3)11-14)12-17(19(4,5)6)13-21-20(7,8)9/h10-11,17,21H,12-13H2,1-9H3. The molecule has 120 valence electrons. The summed E-state index contributed by atoms with van der Waals surface area (Å²) in [6, 6.07) is 4.64. The molecule has 0 heterocycles. The molecule has 1 heteroatoms. The van der Waals surface area contributed by atoms with E-state index in [9.17, 15) is 0 Å². The summed E-state index contributed by atoms with van der Waals surface area (Å²) in [5.41, 5.74) is 6.28. The highest BCUT2D eigenvalue weighted by Gasteiger charge is 2.27. The molecule has 21 heavy (non-hydrogen) atoms. The lowest BCUT2D eigenvalue weighted by Crippen LogP contribution is -2.42. The van der Waals surface area contributed by atoms with E-state index < -0.39 is 0 Å². The van der Waals surface area contributed by atoms with Crippen LogP contribution in [0.15, 0.2) is 12.1 Å². The predicted octanol–water partition coefficient (Wildman–Crippen LogP) is 5.20. The van der Waals surface area contributed by atoms with Crippen molar-refractivity contribution in [3.8, 4) is 0 Å². The van der Waals surface area contributed by atoms with E-state index in [1.807, 2.05) is 0 Å². The van der Waals surface area contributed by atoms with Crippen LogP contribution in [0.2, 0.25) is 0 Å². The third-order valence-corrected chi connectivity index (χ3v) is 4.39. The number of aryl methyl sites for hydroxylation is 3. The van der Waals surface area contributed by atoms with E-state index in [1.54, 1.807) is 0 Å². The molecule has 0 aromatic heterocycles. The Balaban J connectivity index is 2.97. The van der Waals surface area contributed by atoms with Gasteiger partial charge in [0.25, 0.3) is 0 Å². The summed E-state index contributed by atoms with van der Waals surface area (Å²) in [5.74, 6) is 0.636. The topological polar surface area (TPSA) is 12.0 Å². The SMILES string of the molecule is Cc1cc(C)c(CC(CNC(C)(C)C)C(C)(C)C)c(C)c1. The first-order valence-electron chi connectivity index (χ1n) is 8.22. The summed E-state index contributed by atoms with van der Waals surface area (Å²) in [6.07, 6.45) is 1.16. The summed E-state index contributed by atoms with van der Waals surface area (Å²) in [5, 5.41) is 3.70. The van der Waals surface area contributed by atoms with E-state index in [-0.39, 0.29) is 5.54 Å². The van der Waals surface area contributed by atoms with Crippen LogP contribution in [-0.2, 0) is 6.42 Å². The largest absolute Gasteiger partial charge is 0.312 e. The molecule has 1 aromatic rings. The fraction of sp³-hybridized carbons (Fsp3) is 0.700. The van der Waals surface area contributed by atoms with E-state index in [1.165, 1.54) is 22.3 Å². The Kier molecular flexibility index (Phi) is 5.66. The molecule has 0 radical (unpaired) electrons. The second kappa shape index (κ2) is 6.52. The van der Waals surface area contributed by atoms with Gasteiger partial charge in [0.05, 0.1) is 0 Å². The molecule has 1 N–H and O–H groups in total. The second-order valence-electron chi connectivity index (χ2n) is 8.78. The normalized spacial score (nSPS) is 14.3. The Hall–Kier alpha value is -0.820. The molecule has 0 aliphatic heterocycles. The predicted molar refractivity (Wildman–Crippen MR) is 95.1 cm³/mol. The molecule has 0 amide bonds. The molecule has 0 aliphatic carbocycles. The van der Waals surface area contributed by atoms with Gasteiger partial charge in [0.2, 0.25) is 0 Å². The lowest BCUT2D eigenvalue weighted by molar-refractivity contribution is 0.213. The van der Waals surface area contributed by atoms with Crippen LogP contribution < -0.4 is 5.32 Å². The molecule has 1 unspecified atom stereocenters. The zero-order chi connectivity index (χ0) is 16.4. The first kappa shape index (κ1) is 18.2. The van der Waals surface area contributed by atoms with E-state index in [2.05, 4.69) is 79.8 Å². The molecular formula is C20H35N. The van der Waals surface area contributed by atoms with E-state index >= 15 is 0 Å². The fourth-order valence-corrected chi connectivity index (χ4v) is 2.89. The molecular weight excluding hydrogens is 254 g/mol. The van der Waals surface area contributed by atoms with Crippen LogP contribution in [-0.4, -0.2) is 12.1 Å². The summed E-state index contributed by atoms with van der Waals surface area (Å²) in [7, 11) is 0. The first-order chi connectivity index (χ1) is 9.40. The molecule has 0 saturated heterocycles. The van der Waals surface area contributed by atoms with Crippen molar-refractivity contribution < 1.29 is 0 Å². The number of rotatable bonds is 4. The molecule has 1 atom stereocenters. The number of hydrogen-bond acceptors (Lipinski definition) is 1. The van der Waals surface area contributed by atoms with E-state index in [0.717, 1.165) is 13.0 Å². The highest BCUT2D eigenvalue weighted by molar-refractivity contribution is 5.37. The van der Waals surface area contributed by atoms with Crippen molar-refractivity contribution in [2.75, 3.05) is 6.54 Å². The first-order valence-corrected chi connectivity index (χ1v) is 8.22. The van der Waals surface area contributed by atoms with Crippen LogP contribution in [0.5, 0.6) is 0 Å². The van der Waals surface area contributed by atoms with Crippen molar-refractivity contribution in [3.05, 3.63) is 34.4 Å². The minimum Gasteiger partial charge on any atom is -0.312 e. The van der Waals surface area contributed by atoms with Crippen molar-refractivity contribution in [1.82, 2.24) is 5.32 Å². The van der Waals surface area contributed by atoms with Gasteiger partial charge in [-0.2, -0.15) is 0 Å².